The first-order chi connectivity index (χ1) is 13.7. The highest BCUT2D eigenvalue weighted by Crippen LogP contribution is 2.33. The zero-order valence-corrected chi connectivity index (χ0v) is 16.8. The molecule has 3 saturated heterocycles. The third kappa shape index (κ3) is 4.72. The Bertz CT molecular complexity index is 693. The minimum atomic E-state index is -0.0423. The van der Waals surface area contributed by atoms with Crippen molar-refractivity contribution in [3.63, 3.8) is 0 Å². The molecule has 3 heterocycles. The number of fused-ring (bicyclic) bond motifs is 1. The lowest BCUT2D eigenvalue weighted by molar-refractivity contribution is -0.116. The summed E-state index contributed by atoms with van der Waals surface area (Å²) in [6.07, 6.45) is 3.43. The summed E-state index contributed by atoms with van der Waals surface area (Å²) in [5.74, 6) is 1.04. The molecule has 1 aromatic rings. The second-order valence-electron chi connectivity index (χ2n) is 7.56. The van der Waals surface area contributed by atoms with Crippen LogP contribution in [0.15, 0.2) is 24.3 Å². The van der Waals surface area contributed by atoms with Gasteiger partial charge in [-0.2, -0.15) is 11.8 Å². The average molecular weight is 405 g/mol. The Kier molecular flexibility index (Phi) is 6.26. The van der Waals surface area contributed by atoms with E-state index in [9.17, 15) is 9.59 Å². The zero-order valence-electron chi connectivity index (χ0n) is 16.0. The molecule has 152 valence electrons. The van der Waals surface area contributed by atoms with Crippen LogP contribution in [0.1, 0.15) is 25.7 Å². The van der Waals surface area contributed by atoms with E-state index in [1.54, 1.807) is 0 Å². The Morgan fingerprint density at radius 3 is 2.75 bits per heavy atom. The highest BCUT2D eigenvalue weighted by atomic mass is 32.2. The topological polar surface area (TPSA) is 82.7 Å². The molecule has 0 bridgehead atoms. The molecule has 0 aliphatic carbocycles. The molecule has 7 nitrogen and oxygen atoms in total. The summed E-state index contributed by atoms with van der Waals surface area (Å²) >= 11 is 1.92. The second-order valence-corrected chi connectivity index (χ2v) is 8.83. The first-order valence-corrected chi connectivity index (χ1v) is 11.2. The van der Waals surface area contributed by atoms with Gasteiger partial charge in [-0.3, -0.25) is 4.79 Å². The normalized spacial score (nSPS) is 26.5. The number of unbranched alkanes of at least 4 members (excludes halogenated alkanes) is 1. The summed E-state index contributed by atoms with van der Waals surface area (Å²) in [4.78, 5) is 25.9. The Labute approximate surface area is 169 Å². The monoisotopic (exact) mass is 404 g/mol. The molecular formula is C20H28N4O3S. The lowest BCUT2D eigenvalue weighted by Gasteiger charge is -2.28. The summed E-state index contributed by atoms with van der Waals surface area (Å²) in [7, 11) is 0. The van der Waals surface area contributed by atoms with E-state index in [4.69, 9.17) is 4.74 Å². The predicted octanol–water partition coefficient (Wildman–Crippen LogP) is 2.19. The largest absolute Gasteiger partial charge is 0.378 e. The van der Waals surface area contributed by atoms with Crippen molar-refractivity contribution in [2.45, 2.75) is 43.0 Å². The zero-order chi connectivity index (χ0) is 19.3. The molecule has 3 fully saturated rings. The quantitative estimate of drug-likeness (QED) is 0.479. The van der Waals surface area contributed by atoms with Crippen molar-refractivity contribution in [1.82, 2.24) is 10.6 Å². The maximum atomic E-state index is 12.2. The molecule has 0 saturated carbocycles. The number of thioether (sulfide) groups is 1. The number of morpholine rings is 1. The molecule has 3 amide bonds. The van der Waals surface area contributed by atoms with Crippen LogP contribution in [-0.4, -0.2) is 61.3 Å². The molecule has 3 N–H and O–H groups in total. The van der Waals surface area contributed by atoms with E-state index >= 15 is 0 Å². The van der Waals surface area contributed by atoms with Crippen molar-refractivity contribution in [1.29, 1.82) is 0 Å². The van der Waals surface area contributed by atoms with Crippen LogP contribution in [0.4, 0.5) is 16.2 Å². The first-order valence-electron chi connectivity index (χ1n) is 10.1. The molecule has 3 aliphatic heterocycles. The van der Waals surface area contributed by atoms with Crippen molar-refractivity contribution in [2.75, 3.05) is 42.3 Å². The van der Waals surface area contributed by atoms with Crippen LogP contribution < -0.4 is 20.9 Å². The highest BCUT2D eigenvalue weighted by molar-refractivity contribution is 8.00. The first kappa shape index (κ1) is 19.4. The van der Waals surface area contributed by atoms with Gasteiger partial charge in [0.2, 0.25) is 5.91 Å². The summed E-state index contributed by atoms with van der Waals surface area (Å²) in [6, 6.07) is 8.51. The highest BCUT2D eigenvalue weighted by Gasteiger charge is 2.42. The summed E-state index contributed by atoms with van der Waals surface area (Å²) in [5.41, 5.74) is 2.01. The number of nitrogens with one attached hydrogen (secondary N) is 3. The van der Waals surface area contributed by atoms with Gasteiger partial charge in [-0.25, -0.2) is 4.79 Å². The van der Waals surface area contributed by atoms with E-state index in [2.05, 4.69) is 33.0 Å². The van der Waals surface area contributed by atoms with E-state index in [1.165, 1.54) is 5.69 Å². The molecule has 4 rings (SSSR count). The summed E-state index contributed by atoms with van der Waals surface area (Å²) in [5, 5.41) is 9.43. The second kappa shape index (κ2) is 9.05. The lowest BCUT2D eigenvalue weighted by Crippen LogP contribution is -2.36. The van der Waals surface area contributed by atoms with Gasteiger partial charge in [-0.15, -0.1) is 0 Å². The summed E-state index contributed by atoms with van der Waals surface area (Å²) < 4.78 is 5.38. The summed E-state index contributed by atoms with van der Waals surface area (Å²) in [6.45, 7) is 3.35. The minimum Gasteiger partial charge on any atom is -0.378 e. The predicted molar refractivity (Wildman–Crippen MR) is 112 cm³/mol. The number of nitrogens with zero attached hydrogens (tertiary/aromatic N) is 1. The van der Waals surface area contributed by atoms with Gasteiger partial charge in [-0.1, -0.05) is 6.42 Å². The number of hydrogen-bond acceptors (Lipinski definition) is 5. The van der Waals surface area contributed by atoms with Crippen molar-refractivity contribution < 1.29 is 14.3 Å². The number of urea groups is 1. The van der Waals surface area contributed by atoms with Gasteiger partial charge in [-0.05, 0) is 37.1 Å². The van der Waals surface area contributed by atoms with Gasteiger partial charge >= 0.3 is 6.03 Å². The molecule has 3 aliphatic rings. The number of benzene rings is 1. The molecule has 0 aromatic heterocycles. The lowest BCUT2D eigenvalue weighted by atomic mass is 10.0. The minimum absolute atomic E-state index is 0.0423. The average Bonchev–Trinajstić information content (AvgIpc) is 3.26. The van der Waals surface area contributed by atoms with Gasteiger partial charge in [0, 0.05) is 41.9 Å². The van der Waals surface area contributed by atoms with E-state index in [-0.39, 0.29) is 24.0 Å². The molecule has 0 spiro atoms. The fourth-order valence-corrected chi connectivity index (χ4v) is 5.62. The van der Waals surface area contributed by atoms with Crippen LogP contribution in [0.2, 0.25) is 0 Å². The Balaban J connectivity index is 1.15. The molecule has 8 heteroatoms. The number of hydrogen-bond donors (Lipinski definition) is 3. The van der Waals surface area contributed by atoms with E-state index < -0.39 is 0 Å². The number of rotatable bonds is 7. The molecule has 0 unspecified atom stereocenters. The third-order valence-corrected chi connectivity index (χ3v) is 7.12. The molecule has 3 atom stereocenters. The van der Waals surface area contributed by atoms with Gasteiger partial charge in [0.15, 0.2) is 0 Å². The number of anilines is 2. The Morgan fingerprint density at radius 2 is 1.96 bits per heavy atom. The van der Waals surface area contributed by atoms with Crippen LogP contribution >= 0.6 is 11.8 Å². The maximum Gasteiger partial charge on any atom is 0.315 e. The molecule has 0 radical (unpaired) electrons. The van der Waals surface area contributed by atoms with Crippen molar-refractivity contribution in [3.05, 3.63) is 24.3 Å². The standard InChI is InChI=1S/C20H28N4O3S/c25-18(4-2-1-3-17-19-16(13-28-17)22-20(26)23-19)21-14-5-7-15(8-6-14)24-9-11-27-12-10-24/h5-8,16-17,19H,1-4,9-13H2,(H,21,25)(H2,22,23,26)/t16-,17-,19-/m0/s1. The SMILES string of the molecule is O=C(CCCC[C@@H]1SC[C@@H]2NC(=O)N[C@@H]21)Nc1ccc(N2CCOCC2)cc1. The van der Waals surface area contributed by atoms with Crippen LogP contribution in [0.25, 0.3) is 0 Å². The van der Waals surface area contributed by atoms with Crippen molar-refractivity contribution >= 4 is 35.1 Å². The fourth-order valence-electron chi connectivity index (χ4n) is 4.07. The van der Waals surface area contributed by atoms with Gasteiger partial charge in [0.25, 0.3) is 0 Å². The number of carbonyl (C=O) groups excluding carboxylic acids is 2. The van der Waals surface area contributed by atoms with Crippen LogP contribution in [0, 0.1) is 0 Å². The third-order valence-electron chi connectivity index (χ3n) is 5.61. The van der Waals surface area contributed by atoms with Gasteiger partial charge in [0.05, 0.1) is 25.3 Å². The van der Waals surface area contributed by atoms with Gasteiger partial charge in [0.1, 0.15) is 0 Å². The van der Waals surface area contributed by atoms with Crippen LogP contribution in [0.5, 0.6) is 0 Å². The van der Waals surface area contributed by atoms with Crippen molar-refractivity contribution in [2.24, 2.45) is 0 Å². The van der Waals surface area contributed by atoms with E-state index in [1.807, 2.05) is 23.9 Å². The van der Waals surface area contributed by atoms with Gasteiger partial charge < -0.3 is 25.6 Å². The van der Waals surface area contributed by atoms with Crippen molar-refractivity contribution in [3.8, 4) is 0 Å². The maximum absolute atomic E-state index is 12.2. The van der Waals surface area contributed by atoms with E-state index in [0.717, 1.165) is 57.0 Å². The Hall–Kier alpha value is -1.93. The molecule has 28 heavy (non-hydrogen) atoms. The van der Waals surface area contributed by atoms with Crippen LogP contribution in [-0.2, 0) is 9.53 Å². The Morgan fingerprint density at radius 1 is 1.18 bits per heavy atom. The smallest absolute Gasteiger partial charge is 0.315 e. The number of carbonyl (C=O) groups is 2. The fraction of sp³-hybridized carbons (Fsp3) is 0.600. The number of ether oxygens (including phenoxy) is 1. The molecular weight excluding hydrogens is 376 g/mol. The van der Waals surface area contributed by atoms with E-state index in [0.29, 0.717) is 11.7 Å². The van der Waals surface area contributed by atoms with Crippen LogP contribution in [0.3, 0.4) is 0 Å². The number of amides is 3. The molecule has 1 aromatic carbocycles.